The highest BCUT2D eigenvalue weighted by atomic mass is 16.3. The third kappa shape index (κ3) is 5.44. The smallest absolute Gasteiger partial charge is 0.234 e. The summed E-state index contributed by atoms with van der Waals surface area (Å²) in [7, 11) is 1.95. The zero-order valence-electron chi connectivity index (χ0n) is 10.1. The van der Waals surface area contributed by atoms with Gasteiger partial charge in [0.2, 0.25) is 5.91 Å². The summed E-state index contributed by atoms with van der Waals surface area (Å²) in [5.74, 6) is -0.0158. The fraction of sp³-hybridized carbons (Fsp3) is 0.909. The third-order valence-corrected chi connectivity index (χ3v) is 2.84. The highest BCUT2D eigenvalue weighted by Gasteiger charge is 2.12. The first-order chi connectivity index (χ1) is 7.72. The number of likely N-dealkylation sites (N-methyl/N-ethyl adjacent to an activating group) is 1. The van der Waals surface area contributed by atoms with Crippen LogP contribution in [0.4, 0.5) is 0 Å². The molecule has 0 unspecified atom stereocenters. The molecule has 0 aromatic heterocycles. The molecule has 1 aliphatic rings. The molecule has 0 radical (unpaired) electrons. The van der Waals surface area contributed by atoms with Crippen molar-refractivity contribution in [3.05, 3.63) is 0 Å². The minimum atomic E-state index is -0.0158. The van der Waals surface area contributed by atoms with E-state index in [2.05, 4.69) is 10.2 Å². The number of aliphatic hydroxyl groups is 1. The second kappa shape index (κ2) is 7.60. The van der Waals surface area contributed by atoms with Gasteiger partial charge in [-0.2, -0.15) is 0 Å². The van der Waals surface area contributed by atoms with Gasteiger partial charge >= 0.3 is 0 Å². The van der Waals surface area contributed by atoms with Crippen LogP contribution < -0.4 is 5.32 Å². The molecule has 1 fully saturated rings. The summed E-state index contributed by atoms with van der Waals surface area (Å²) in [6.45, 7) is 5.13. The molecule has 5 heteroatoms. The lowest BCUT2D eigenvalue weighted by atomic mass is 10.4. The van der Waals surface area contributed by atoms with Crippen LogP contribution in [-0.4, -0.2) is 73.7 Å². The molecule has 1 amide bonds. The molecule has 2 N–H and O–H groups in total. The Morgan fingerprint density at radius 1 is 1.44 bits per heavy atom. The Labute approximate surface area is 97.4 Å². The van der Waals surface area contributed by atoms with Crippen molar-refractivity contribution in [2.24, 2.45) is 0 Å². The predicted molar refractivity (Wildman–Crippen MR) is 63.3 cm³/mol. The molecular formula is C11H23N3O2. The third-order valence-electron chi connectivity index (χ3n) is 2.84. The zero-order chi connectivity index (χ0) is 11.8. The van der Waals surface area contributed by atoms with Crippen molar-refractivity contribution >= 4 is 5.91 Å². The van der Waals surface area contributed by atoms with Crippen molar-refractivity contribution < 1.29 is 9.90 Å². The minimum absolute atomic E-state index is 0.00321. The van der Waals surface area contributed by atoms with E-state index in [4.69, 9.17) is 5.11 Å². The van der Waals surface area contributed by atoms with Gasteiger partial charge in [-0.1, -0.05) is 0 Å². The van der Waals surface area contributed by atoms with Gasteiger partial charge in [-0.3, -0.25) is 9.69 Å². The lowest BCUT2D eigenvalue weighted by molar-refractivity contribution is -0.122. The Hall–Kier alpha value is -0.650. The normalized spacial score (nSPS) is 16.9. The maximum absolute atomic E-state index is 11.3. The quantitative estimate of drug-likeness (QED) is 0.595. The average molecular weight is 229 g/mol. The highest BCUT2D eigenvalue weighted by Crippen LogP contribution is 2.06. The molecule has 1 heterocycles. The highest BCUT2D eigenvalue weighted by molar-refractivity contribution is 5.77. The van der Waals surface area contributed by atoms with Gasteiger partial charge in [0, 0.05) is 19.6 Å². The molecule has 1 rings (SSSR count). The van der Waals surface area contributed by atoms with Crippen LogP contribution in [0.3, 0.4) is 0 Å². The topological polar surface area (TPSA) is 55.8 Å². The number of amides is 1. The molecular weight excluding hydrogens is 206 g/mol. The number of hydrogen-bond acceptors (Lipinski definition) is 4. The lowest BCUT2D eigenvalue weighted by Gasteiger charge is -2.20. The molecule has 1 aliphatic heterocycles. The number of carbonyl (C=O) groups is 1. The average Bonchev–Trinajstić information content (AvgIpc) is 2.76. The van der Waals surface area contributed by atoms with Crippen LogP contribution in [0.2, 0.25) is 0 Å². The first-order valence-electron chi connectivity index (χ1n) is 6.01. The van der Waals surface area contributed by atoms with Crippen LogP contribution in [0.5, 0.6) is 0 Å². The summed E-state index contributed by atoms with van der Waals surface area (Å²) in [6.07, 6.45) is 2.61. The van der Waals surface area contributed by atoms with Gasteiger partial charge in [-0.25, -0.2) is 0 Å². The van der Waals surface area contributed by atoms with Crippen LogP contribution in [0, 0.1) is 0 Å². The molecule has 0 aromatic carbocycles. The van der Waals surface area contributed by atoms with Gasteiger partial charge < -0.3 is 15.3 Å². The van der Waals surface area contributed by atoms with E-state index in [1.165, 1.54) is 25.9 Å². The van der Waals surface area contributed by atoms with E-state index in [0.29, 0.717) is 13.1 Å². The largest absolute Gasteiger partial charge is 0.395 e. The van der Waals surface area contributed by atoms with Gasteiger partial charge in [0.15, 0.2) is 0 Å². The Morgan fingerprint density at radius 3 is 2.75 bits per heavy atom. The zero-order valence-corrected chi connectivity index (χ0v) is 10.1. The SMILES string of the molecule is CN(CCN1CCCC1)CC(=O)NCCO. The Bertz CT molecular complexity index is 205. The van der Waals surface area contributed by atoms with E-state index in [-0.39, 0.29) is 12.5 Å². The molecule has 0 aliphatic carbocycles. The number of nitrogens with one attached hydrogen (secondary N) is 1. The number of carbonyl (C=O) groups excluding carboxylic acids is 1. The monoisotopic (exact) mass is 229 g/mol. The lowest BCUT2D eigenvalue weighted by Crippen LogP contribution is -2.39. The number of nitrogens with zero attached hydrogens (tertiary/aromatic N) is 2. The first kappa shape index (κ1) is 13.4. The standard InChI is InChI=1S/C11H23N3O2/c1-13(10-11(16)12-4-9-15)7-8-14-5-2-3-6-14/h15H,2-10H2,1H3,(H,12,16). The summed E-state index contributed by atoms with van der Waals surface area (Å²) < 4.78 is 0. The van der Waals surface area contributed by atoms with Crippen LogP contribution in [0.25, 0.3) is 0 Å². The van der Waals surface area contributed by atoms with E-state index in [0.717, 1.165) is 13.1 Å². The molecule has 5 nitrogen and oxygen atoms in total. The Kier molecular flexibility index (Phi) is 6.37. The van der Waals surface area contributed by atoms with Gasteiger partial charge in [0.1, 0.15) is 0 Å². The Morgan fingerprint density at radius 2 is 2.12 bits per heavy atom. The number of hydrogen-bond donors (Lipinski definition) is 2. The van der Waals surface area contributed by atoms with Crippen LogP contribution in [0.15, 0.2) is 0 Å². The number of aliphatic hydroxyl groups excluding tert-OH is 1. The van der Waals surface area contributed by atoms with Gasteiger partial charge in [0.25, 0.3) is 0 Å². The maximum Gasteiger partial charge on any atom is 0.234 e. The van der Waals surface area contributed by atoms with E-state index in [1.807, 2.05) is 11.9 Å². The molecule has 16 heavy (non-hydrogen) atoms. The van der Waals surface area contributed by atoms with Crippen LogP contribution in [0.1, 0.15) is 12.8 Å². The summed E-state index contributed by atoms with van der Waals surface area (Å²) in [5.41, 5.74) is 0. The van der Waals surface area contributed by atoms with E-state index in [1.54, 1.807) is 0 Å². The van der Waals surface area contributed by atoms with Crippen molar-refractivity contribution in [2.75, 3.05) is 52.9 Å². The number of rotatable bonds is 7. The summed E-state index contributed by atoms with van der Waals surface area (Å²) in [6, 6.07) is 0. The summed E-state index contributed by atoms with van der Waals surface area (Å²) in [4.78, 5) is 15.8. The van der Waals surface area contributed by atoms with Crippen molar-refractivity contribution in [3.63, 3.8) is 0 Å². The van der Waals surface area contributed by atoms with Crippen LogP contribution in [-0.2, 0) is 4.79 Å². The van der Waals surface area contributed by atoms with Crippen molar-refractivity contribution in [1.82, 2.24) is 15.1 Å². The maximum atomic E-state index is 11.3. The van der Waals surface area contributed by atoms with Gasteiger partial charge in [-0.15, -0.1) is 0 Å². The molecule has 0 aromatic rings. The summed E-state index contributed by atoms with van der Waals surface area (Å²) >= 11 is 0. The molecule has 0 atom stereocenters. The fourth-order valence-electron chi connectivity index (χ4n) is 1.89. The minimum Gasteiger partial charge on any atom is -0.395 e. The first-order valence-corrected chi connectivity index (χ1v) is 6.01. The number of likely N-dealkylation sites (tertiary alicyclic amines) is 1. The molecule has 0 spiro atoms. The van der Waals surface area contributed by atoms with Gasteiger partial charge in [-0.05, 0) is 33.0 Å². The van der Waals surface area contributed by atoms with E-state index >= 15 is 0 Å². The van der Waals surface area contributed by atoms with Gasteiger partial charge in [0.05, 0.1) is 13.2 Å². The second-order valence-electron chi connectivity index (χ2n) is 4.36. The van der Waals surface area contributed by atoms with E-state index in [9.17, 15) is 4.79 Å². The van der Waals surface area contributed by atoms with Crippen molar-refractivity contribution in [2.45, 2.75) is 12.8 Å². The summed E-state index contributed by atoms with van der Waals surface area (Å²) in [5, 5.41) is 11.2. The molecule has 0 saturated carbocycles. The second-order valence-corrected chi connectivity index (χ2v) is 4.36. The fourth-order valence-corrected chi connectivity index (χ4v) is 1.89. The predicted octanol–water partition coefficient (Wildman–Crippen LogP) is -0.877. The van der Waals surface area contributed by atoms with Crippen molar-refractivity contribution in [3.8, 4) is 0 Å². The Balaban J connectivity index is 2.05. The van der Waals surface area contributed by atoms with E-state index < -0.39 is 0 Å². The molecule has 0 bridgehead atoms. The van der Waals surface area contributed by atoms with Crippen molar-refractivity contribution in [1.29, 1.82) is 0 Å². The molecule has 1 saturated heterocycles. The molecule has 94 valence electrons. The van der Waals surface area contributed by atoms with Crippen LogP contribution >= 0.6 is 0 Å².